The standard InChI is InChI=1S/C20H16FN5O3S/c1-14-11-15(21)3-8-18(14)30(27,28)25-16-4-6-17(7-5-16)29-20-12-19(22-13-23-20)26-10-2-9-24-26/h2-13,25H,1H3. The van der Waals surface area contributed by atoms with Crippen molar-refractivity contribution in [3.8, 4) is 17.4 Å². The summed E-state index contributed by atoms with van der Waals surface area (Å²) in [7, 11) is -3.85. The first-order valence-electron chi connectivity index (χ1n) is 8.80. The molecule has 0 atom stereocenters. The molecule has 0 aliphatic heterocycles. The molecule has 4 aromatic rings. The molecule has 0 radical (unpaired) electrons. The van der Waals surface area contributed by atoms with Crippen molar-refractivity contribution in [3.05, 3.63) is 84.7 Å². The van der Waals surface area contributed by atoms with E-state index >= 15 is 0 Å². The van der Waals surface area contributed by atoms with Crippen LogP contribution in [0.5, 0.6) is 11.6 Å². The molecule has 0 bridgehead atoms. The van der Waals surface area contributed by atoms with Crippen LogP contribution in [0.2, 0.25) is 0 Å². The fourth-order valence-corrected chi connectivity index (χ4v) is 4.04. The Hall–Kier alpha value is -3.79. The first kappa shape index (κ1) is 19.5. The van der Waals surface area contributed by atoms with E-state index in [1.54, 1.807) is 53.5 Å². The highest BCUT2D eigenvalue weighted by atomic mass is 32.2. The van der Waals surface area contributed by atoms with Gasteiger partial charge in [-0.25, -0.2) is 27.5 Å². The molecule has 2 heterocycles. The molecule has 1 N–H and O–H groups in total. The van der Waals surface area contributed by atoms with E-state index in [1.807, 2.05) is 0 Å². The van der Waals surface area contributed by atoms with Crippen molar-refractivity contribution in [2.45, 2.75) is 11.8 Å². The van der Waals surface area contributed by atoms with Gasteiger partial charge in [0.05, 0.1) is 4.90 Å². The molecule has 8 nitrogen and oxygen atoms in total. The van der Waals surface area contributed by atoms with Gasteiger partial charge in [0.15, 0.2) is 5.82 Å². The molecule has 0 spiro atoms. The first-order chi connectivity index (χ1) is 14.4. The van der Waals surface area contributed by atoms with Crippen molar-refractivity contribution in [2.75, 3.05) is 4.72 Å². The summed E-state index contributed by atoms with van der Waals surface area (Å²) in [5.74, 6) is 0.823. The quantitative estimate of drug-likeness (QED) is 0.506. The normalized spacial score (nSPS) is 11.3. The summed E-state index contributed by atoms with van der Waals surface area (Å²) in [6, 6.07) is 13.2. The second kappa shape index (κ2) is 7.91. The van der Waals surface area contributed by atoms with Gasteiger partial charge in [-0.2, -0.15) is 5.10 Å². The second-order valence-electron chi connectivity index (χ2n) is 6.31. The van der Waals surface area contributed by atoms with Crippen molar-refractivity contribution in [1.82, 2.24) is 19.7 Å². The maximum Gasteiger partial charge on any atom is 0.262 e. The number of ether oxygens (including phenoxy) is 1. The largest absolute Gasteiger partial charge is 0.439 e. The minimum atomic E-state index is -3.85. The summed E-state index contributed by atoms with van der Waals surface area (Å²) >= 11 is 0. The zero-order valence-electron chi connectivity index (χ0n) is 15.7. The monoisotopic (exact) mass is 425 g/mol. The number of hydrogen-bond acceptors (Lipinski definition) is 6. The predicted molar refractivity (Wildman–Crippen MR) is 108 cm³/mol. The van der Waals surface area contributed by atoms with E-state index in [9.17, 15) is 12.8 Å². The van der Waals surface area contributed by atoms with Crippen LogP contribution in [0, 0.1) is 12.7 Å². The van der Waals surface area contributed by atoms with Gasteiger partial charge in [-0.05, 0) is 61.0 Å². The average molecular weight is 425 g/mol. The summed E-state index contributed by atoms with van der Waals surface area (Å²) in [4.78, 5) is 8.21. The number of aryl methyl sites for hydroxylation is 1. The Balaban J connectivity index is 1.49. The average Bonchev–Trinajstić information content (AvgIpc) is 3.24. The van der Waals surface area contributed by atoms with E-state index in [2.05, 4.69) is 19.8 Å². The van der Waals surface area contributed by atoms with Gasteiger partial charge in [-0.1, -0.05) is 0 Å². The lowest BCUT2D eigenvalue weighted by Crippen LogP contribution is -2.14. The number of benzene rings is 2. The molecular weight excluding hydrogens is 409 g/mol. The van der Waals surface area contributed by atoms with Crippen LogP contribution < -0.4 is 9.46 Å². The molecule has 0 saturated heterocycles. The number of rotatable bonds is 6. The van der Waals surface area contributed by atoms with Crippen molar-refractivity contribution < 1.29 is 17.5 Å². The number of nitrogens with one attached hydrogen (secondary N) is 1. The Morgan fingerprint density at radius 1 is 1.07 bits per heavy atom. The summed E-state index contributed by atoms with van der Waals surface area (Å²) in [6.45, 7) is 1.54. The van der Waals surface area contributed by atoms with E-state index in [4.69, 9.17) is 4.74 Å². The minimum absolute atomic E-state index is 0.0105. The number of hydrogen-bond donors (Lipinski definition) is 1. The predicted octanol–water partition coefficient (Wildman–Crippen LogP) is 3.70. The van der Waals surface area contributed by atoms with Crippen LogP contribution >= 0.6 is 0 Å². The van der Waals surface area contributed by atoms with Gasteiger partial charge < -0.3 is 4.74 Å². The van der Waals surface area contributed by atoms with Crippen molar-refractivity contribution in [3.63, 3.8) is 0 Å². The van der Waals surface area contributed by atoms with Crippen LogP contribution in [0.15, 0.2) is 78.2 Å². The van der Waals surface area contributed by atoms with Crippen LogP contribution in [0.4, 0.5) is 10.1 Å². The van der Waals surface area contributed by atoms with Gasteiger partial charge in [0.25, 0.3) is 10.0 Å². The molecule has 0 unspecified atom stereocenters. The molecule has 0 saturated carbocycles. The molecule has 152 valence electrons. The molecular formula is C20H16FN5O3S. The highest BCUT2D eigenvalue weighted by molar-refractivity contribution is 7.92. The third-order valence-electron chi connectivity index (χ3n) is 4.12. The fourth-order valence-electron chi connectivity index (χ4n) is 2.75. The molecule has 0 amide bonds. The zero-order chi connectivity index (χ0) is 21.1. The van der Waals surface area contributed by atoms with Crippen LogP contribution in [0.1, 0.15) is 5.56 Å². The van der Waals surface area contributed by atoms with Gasteiger partial charge in [0.2, 0.25) is 5.88 Å². The number of nitrogens with zero attached hydrogens (tertiary/aromatic N) is 4. The van der Waals surface area contributed by atoms with Gasteiger partial charge in [0, 0.05) is 24.1 Å². The molecule has 4 rings (SSSR count). The number of halogens is 1. The number of sulfonamides is 1. The Labute approximate surface area is 172 Å². The van der Waals surface area contributed by atoms with Gasteiger partial charge in [-0.15, -0.1) is 0 Å². The fraction of sp³-hybridized carbons (Fsp3) is 0.0500. The summed E-state index contributed by atoms with van der Waals surface area (Å²) in [5.41, 5.74) is 0.658. The Morgan fingerprint density at radius 2 is 1.87 bits per heavy atom. The number of aromatic nitrogens is 4. The Bertz CT molecular complexity index is 1280. The SMILES string of the molecule is Cc1cc(F)ccc1S(=O)(=O)Nc1ccc(Oc2cc(-n3cccn3)ncn2)cc1. The smallest absolute Gasteiger partial charge is 0.262 e. The van der Waals surface area contributed by atoms with E-state index < -0.39 is 15.8 Å². The van der Waals surface area contributed by atoms with E-state index in [1.165, 1.54) is 25.4 Å². The molecule has 2 aromatic carbocycles. The van der Waals surface area contributed by atoms with Crippen LogP contribution in [0.25, 0.3) is 5.82 Å². The Morgan fingerprint density at radius 3 is 2.57 bits per heavy atom. The van der Waals surface area contributed by atoms with Crippen LogP contribution in [-0.2, 0) is 10.0 Å². The van der Waals surface area contributed by atoms with Crippen molar-refractivity contribution in [2.24, 2.45) is 0 Å². The summed E-state index contributed by atoms with van der Waals surface area (Å²) < 4.78 is 48.1. The van der Waals surface area contributed by atoms with Crippen LogP contribution in [0.3, 0.4) is 0 Å². The zero-order valence-corrected chi connectivity index (χ0v) is 16.5. The van der Waals surface area contributed by atoms with E-state index in [0.717, 1.165) is 6.07 Å². The molecule has 0 aliphatic rings. The first-order valence-corrected chi connectivity index (χ1v) is 10.3. The molecule has 0 aliphatic carbocycles. The van der Waals surface area contributed by atoms with Crippen LogP contribution in [-0.4, -0.2) is 28.2 Å². The van der Waals surface area contributed by atoms with Crippen molar-refractivity contribution in [1.29, 1.82) is 0 Å². The van der Waals surface area contributed by atoms with E-state index in [0.29, 0.717) is 28.7 Å². The van der Waals surface area contributed by atoms with Crippen molar-refractivity contribution >= 4 is 15.7 Å². The summed E-state index contributed by atoms with van der Waals surface area (Å²) in [6.07, 6.45) is 4.74. The molecule has 0 fully saturated rings. The van der Waals surface area contributed by atoms with Gasteiger partial charge in [0.1, 0.15) is 17.9 Å². The maximum atomic E-state index is 13.2. The van der Waals surface area contributed by atoms with Gasteiger partial charge in [-0.3, -0.25) is 4.72 Å². The Kier molecular flexibility index (Phi) is 5.15. The molecule has 30 heavy (non-hydrogen) atoms. The summed E-state index contributed by atoms with van der Waals surface area (Å²) in [5, 5.41) is 4.10. The van der Waals surface area contributed by atoms with Gasteiger partial charge >= 0.3 is 0 Å². The van der Waals surface area contributed by atoms with E-state index in [-0.39, 0.29) is 4.90 Å². The number of anilines is 1. The molecule has 10 heteroatoms. The third kappa shape index (κ3) is 4.28. The topological polar surface area (TPSA) is 99.0 Å². The molecule has 2 aromatic heterocycles. The third-order valence-corrected chi connectivity index (χ3v) is 5.66. The lowest BCUT2D eigenvalue weighted by atomic mass is 10.2. The highest BCUT2D eigenvalue weighted by Crippen LogP contribution is 2.24. The lowest BCUT2D eigenvalue weighted by molar-refractivity contribution is 0.460. The maximum absolute atomic E-state index is 13.2. The second-order valence-corrected chi connectivity index (χ2v) is 7.96. The lowest BCUT2D eigenvalue weighted by Gasteiger charge is -2.11. The highest BCUT2D eigenvalue weighted by Gasteiger charge is 2.17. The minimum Gasteiger partial charge on any atom is -0.439 e.